The first-order valence-electron chi connectivity index (χ1n) is 7.67. The van der Waals surface area contributed by atoms with Crippen LogP contribution in [0.2, 0.25) is 0 Å². The normalized spacial score (nSPS) is 25.4. The third-order valence-corrected chi connectivity index (χ3v) is 4.67. The fourth-order valence-corrected chi connectivity index (χ4v) is 3.35. The molecule has 0 aliphatic carbocycles. The van der Waals surface area contributed by atoms with E-state index in [0.29, 0.717) is 11.5 Å². The Morgan fingerprint density at radius 2 is 1.95 bits per heavy atom. The quantitative estimate of drug-likeness (QED) is 0.691. The standard InChI is InChI=1S/C15H33N3O/c1-6-15(7-2,11-16-3)12-18-10-14(19)8-13(18)9-17(4)5/h13-14,16,19H,6-12H2,1-5H3. The molecule has 2 N–H and O–H groups in total. The summed E-state index contributed by atoms with van der Waals surface area (Å²) >= 11 is 0. The fraction of sp³-hybridized carbons (Fsp3) is 1.00. The lowest BCUT2D eigenvalue weighted by Crippen LogP contribution is -2.47. The van der Waals surface area contributed by atoms with Crippen molar-refractivity contribution >= 4 is 0 Å². The average Bonchev–Trinajstić information content (AvgIpc) is 2.67. The van der Waals surface area contributed by atoms with Gasteiger partial charge in [-0.1, -0.05) is 13.8 Å². The smallest absolute Gasteiger partial charge is 0.0682 e. The molecule has 1 rings (SSSR count). The zero-order valence-corrected chi connectivity index (χ0v) is 13.4. The van der Waals surface area contributed by atoms with Crippen LogP contribution < -0.4 is 5.32 Å². The molecule has 0 saturated carbocycles. The molecule has 1 aliphatic rings. The second-order valence-electron chi connectivity index (χ2n) is 6.47. The van der Waals surface area contributed by atoms with E-state index in [4.69, 9.17) is 0 Å². The molecule has 1 saturated heterocycles. The number of likely N-dealkylation sites (N-methyl/N-ethyl adjacent to an activating group) is 1. The van der Waals surface area contributed by atoms with E-state index in [1.54, 1.807) is 0 Å². The number of hydrogen-bond acceptors (Lipinski definition) is 4. The first-order chi connectivity index (χ1) is 8.96. The van der Waals surface area contributed by atoms with Crippen molar-refractivity contribution in [1.29, 1.82) is 0 Å². The van der Waals surface area contributed by atoms with Crippen LogP contribution in [0.3, 0.4) is 0 Å². The Balaban J connectivity index is 2.70. The van der Waals surface area contributed by atoms with Crippen molar-refractivity contribution in [3.63, 3.8) is 0 Å². The van der Waals surface area contributed by atoms with Gasteiger partial charge in [0.25, 0.3) is 0 Å². The Bertz CT molecular complexity index is 254. The number of nitrogens with one attached hydrogen (secondary N) is 1. The van der Waals surface area contributed by atoms with Crippen LogP contribution in [0.5, 0.6) is 0 Å². The van der Waals surface area contributed by atoms with E-state index in [2.05, 4.69) is 43.1 Å². The molecular formula is C15H33N3O. The van der Waals surface area contributed by atoms with Crippen molar-refractivity contribution in [2.24, 2.45) is 5.41 Å². The van der Waals surface area contributed by atoms with Gasteiger partial charge in [0.15, 0.2) is 0 Å². The minimum absolute atomic E-state index is 0.147. The number of hydrogen-bond donors (Lipinski definition) is 2. The first-order valence-corrected chi connectivity index (χ1v) is 7.67. The largest absolute Gasteiger partial charge is 0.392 e. The van der Waals surface area contributed by atoms with Gasteiger partial charge in [0.2, 0.25) is 0 Å². The summed E-state index contributed by atoms with van der Waals surface area (Å²) in [5, 5.41) is 13.3. The van der Waals surface area contributed by atoms with Crippen LogP contribution in [-0.2, 0) is 0 Å². The van der Waals surface area contributed by atoms with Gasteiger partial charge in [-0.3, -0.25) is 4.90 Å². The second kappa shape index (κ2) is 7.58. The van der Waals surface area contributed by atoms with Crippen molar-refractivity contribution in [2.75, 3.05) is 47.3 Å². The molecule has 2 unspecified atom stereocenters. The van der Waals surface area contributed by atoms with E-state index < -0.39 is 0 Å². The Morgan fingerprint density at radius 1 is 1.32 bits per heavy atom. The van der Waals surface area contributed by atoms with Gasteiger partial charge >= 0.3 is 0 Å². The molecule has 0 radical (unpaired) electrons. The zero-order chi connectivity index (χ0) is 14.5. The molecule has 1 fully saturated rings. The molecule has 0 amide bonds. The van der Waals surface area contributed by atoms with Crippen LogP contribution in [0.25, 0.3) is 0 Å². The van der Waals surface area contributed by atoms with E-state index in [1.165, 1.54) is 12.8 Å². The Kier molecular flexibility index (Phi) is 6.74. The van der Waals surface area contributed by atoms with Gasteiger partial charge in [0.1, 0.15) is 0 Å². The predicted octanol–water partition coefficient (Wildman–Crippen LogP) is 1.01. The number of rotatable bonds is 8. The van der Waals surface area contributed by atoms with Crippen LogP contribution in [0.4, 0.5) is 0 Å². The van der Waals surface area contributed by atoms with Crippen LogP contribution in [-0.4, -0.2) is 74.4 Å². The maximum atomic E-state index is 9.98. The summed E-state index contributed by atoms with van der Waals surface area (Å²) in [6, 6.07) is 0.499. The van der Waals surface area contributed by atoms with Crippen molar-refractivity contribution in [3.05, 3.63) is 0 Å². The summed E-state index contributed by atoms with van der Waals surface area (Å²) in [4.78, 5) is 4.74. The average molecular weight is 271 g/mol. The second-order valence-corrected chi connectivity index (χ2v) is 6.47. The minimum Gasteiger partial charge on any atom is -0.392 e. The van der Waals surface area contributed by atoms with Gasteiger partial charge in [-0.2, -0.15) is 0 Å². The van der Waals surface area contributed by atoms with Crippen LogP contribution in [0.1, 0.15) is 33.1 Å². The Hall–Kier alpha value is -0.160. The highest BCUT2D eigenvalue weighted by molar-refractivity contribution is 4.92. The molecule has 0 aromatic heterocycles. The predicted molar refractivity (Wildman–Crippen MR) is 81.5 cm³/mol. The van der Waals surface area contributed by atoms with Crippen LogP contribution in [0, 0.1) is 5.41 Å². The molecule has 2 atom stereocenters. The van der Waals surface area contributed by atoms with E-state index in [1.807, 2.05) is 7.05 Å². The van der Waals surface area contributed by atoms with E-state index in [9.17, 15) is 5.11 Å². The lowest BCUT2D eigenvalue weighted by atomic mass is 9.81. The third kappa shape index (κ3) is 4.71. The van der Waals surface area contributed by atoms with Gasteiger partial charge in [-0.15, -0.1) is 0 Å². The van der Waals surface area contributed by atoms with Crippen molar-refractivity contribution in [2.45, 2.75) is 45.3 Å². The number of aliphatic hydroxyl groups is 1. The van der Waals surface area contributed by atoms with Gasteiger partial charge < -0.3 is 15.3 Å². The summed E-state index contributed by atoms with van der Waals surface area (Å²) in [5.41, 5.74) is 0.337. The molecule has 0 bridgehead atoms. The lowest BCUT2D eigenvalue weighted by molar-refractivity contribution is 0.105. The van der Waals surface area contributed by atoms with E-state index >= 15 is 0 Å². The lowest BCUT2D eigenvalue weighted by Gasteiger charge is -2.38. The molecule has 1 aliphatic heterocycles. The minimum atomic E-state index is -0.147. The molecule has 4 nitrogen and oxygen atoms in total. The highest BCUT2D eigenvalue weighted by Gasteiger charge is 2.36. The van der Waals surface area contributed by atoms with Crippen molar-refractivity contribution in [1.82, 2.24) is 15.1 Å². The Morgan fingerprint density at radius 3 is 2.42 bits per heavy atom. The maximum absolute atomic E-state index is 9.98. The van der Waals surface area contributed by atoms with Crippen molar-refractivity contribution < 1.29 is 5.11 Å². The van der Waals surface area contributed by atoms with Gasteiger partial charge in [-0.05, 0) is 45.8 Å². The number of β-amino-alcohol motifs (C(OH)–C–C–N with tert-alkyl or cyclic N) is 1. The Labute approximate surface area is 119 Å². The number of aliphatic hydroxyl groups excluding tert-OH is 1. The third-order valence-electron chi connectivity index (χ3n) is 4.67. The van der Waals surface area contributed by atoms with Crippen molar-refractivity contribution in [3.8, 4) is 0 Å². The summed E-state index contributed by atoms with van der Waals surface area (Å²) in [6.07, 6.45) is 3.14. The topological polar surface area (TPSA) is 38.7 Å². The van der Waals surface area contributed by atoms with Crippen LogP contribution in [0.15, 0.2) is 0 Å². The molecule has 1 heterocycles. The molecule has 0 spiro atoms. The van der Waals surface area contributed by atoms with Gasteiger partial charge in [0.05, 0.1) is 6.10 Å². The first kappa shape index (κ1) is 16.9. The molecule has 0 aromatic carbocycles. The van der Waals surface area contributed by atoms with Gasteiger partial charge in [0, 0.05) is 32.2 Å². The summed E-state index contributed by atoms with van der Waals surface area (Å²) in [5.74, 6) is 0. The zero-order valence-electron chi connectivity index (χ0n) is 13.4. The summed E-state index contributed by atoms with van der Waals surface area (Å²) < 4.78 is 0. The van der Waals surface area contributed by atoms with Crippen LogP contribution >= 0.6 is 0 Å². The molecule has 19 heavy (non-hydrogen) atoms. The summed E-state index contributed by atoms with van der Waals surface area (Å²) in [6.45, 7) is 8.60. The monoisotopic (exact) mass is 271 g/mol. The SMILES string of the molecule is CCC(CC)(CNC)CN1CC(O)CC1CN(C)C. The van der Waals surface area contributed by atoms with E-state index in [-0.39, 0.29) is 6.10 Å². The molecule has 0 aromatic rings. The molecular weight excluding hydrogens is 238 g/mol. The maximum Gasteiger partial charge on any atom is 0.0682 e. The number of nitrogens with zero attached hydrogens (tertiary/aromatic N) is 2. The summed E-state index contributed by atoms with van der Waals surface area (Å²) in [7, 11) is 6.27. The van der Waals surface area contributed by atoms with E-state index in [0.717, 1.165) is 32.6 Å². The molecule has 114 valence electrons. The highest BCUT2D eigenvalue weighted by Crippen LogP contribution is 2.30. The molecule has 4 heteroatoms. The number of likely N-dealkylation sites (tertiary alicyclic amines) is 1. The van der Waals surface area contributed by atoms with Gasteiger partial charge in [-0.25, -0.2) is 0 Å². The highest BCUT2D eigenvalue weighted by atomic mass is 16.3. The fourth-order valence-electron chi connectivity index (χ4n) is 3.35.